The fourth-order valence-corrected chi connectivity index (χ4v) is 3.99. The standard InChI is InChI=1S/C18H21Cl2N3O9/c19-8-3-6(4-9(20)12(8)24)14(26)22-10(15(27)28)5-7-1-2-18(23-7,17(31)32)13(25)11(21)16(29)30/h3-4,7,10-11,13,23-25H,1-2,5,21H2,(H,22,26)(H,27,28)(H,29,30)(H,31,32)/t7-,10+,11-,13+,18-/m1/s1. The maximum atomic E-state index is 12.4. The summed E-state index contributed by atoms with van der Waals surface area (Å²) in [4.78, 5) is 47.0. The number of carboxylic acids is 3. The molecule has 1 amide bonds. The molecule has 1 heterocycles. The molecule has 0 aliphatic carbocycles. The summed E-state index contributed by atoms with van der Waals surface area (Å²) in [5, 5.41) is 52.3. The highest BCUT2D eigenvalue weighted by atomic mass is 35.5. The molecule has 9 N–H and O–H groups in total. The number of aromatic hydroxyl groups is 1. The topological polar surface area (TPSA) is 220 Å². The van der Waals surface area contributed by atoms with Crippen LogP contribution in [0.1, 0.15) is 29.6 Å². The van der Waals surface area contributed by atoms with Crippen molar-refractivity contribution < 1.29 is 44.7 Å². The van der Waals surface area contributed by atoms with Crippen LogP contribution < -0.4 is 16.4 Å². The maximum Gasteiger partial charge on any atom is 0.326 e. The molecule has 0 unspecified atom stereocenters. The number of carbonyl (C=O) groups excluding carboxylic acids is 1. The number of halogens is 2. The van der Waals surface area contributed by atoms with Crippen molar-refractivity contribution in [2.75, 3.05) is 0 Å². The zero-order valence-corrected chi connectivity index (χ0v) is 17.8. The summed E-state index contributed by atoms with van der Waals surface area (Å²) in [6.07, 6.45) is -2.45. The predicted molar refractivity (Wildman–Crippen MR) is 110 cm³/mol. The SMILES string of the molecule is N[C@@H](C(=O)O)[C@H](O)[C@@]1(C(=O)O)CC[C@H](C[C@H](NC(=O)c2cc(Cl)c(O)c(Cl)c2)C(=O)O)N1. The number of phenolic OH excluding ortho intramolecular Hbond substituents is 1. The smallest absolute Gasteiger partial charge is 0.326 e. The van der Waals surface area contributed by atoms with Crippen LogP contribution in [0.4, 0.5) is 0 Å². The van der Waals surface area contributed by atoms with E-state index >= 15 is 0 Å². The van der Waals surface area contributed by atoms with Crippen molar-refractivity contribution in [3.63, 3.8) is 0 Å². The Hall–Kier alpha value is -2.64. The Morgan fingerprint density at radius 1 is 1.16 bits per heavy atom. The third-order valence-corrected chi connectivity index (χ3v) is 5.84. The van der Waals surface area contributed by atoms with Gasteiger partial charge in [0, 0.05) is 11.6 Å². The lowest BCUT2D eigenvalue weighted by atomic mass is 9.86. The van der Waals surface area contributed by atoms with Crippen LogP contribution in [0.5, 0.6) is 5.75 Å². The quantitative estimate of drug-likeness (QED) is 0.221. The van der Waals surface area contributed by atoms with E-state index in [1.807, 2.05) is 0 Å². The molecule has 1 aromatic rings. The minimum absolute atomic E-state index is 0.0617. The molecule has 14 heteroatoms. The molecular weight excluding hydrogens is 473 g/mol. The Morgan fingerprint density at radius 2 is 1.72 bits per heavy atom. The zero-order valence-electron chi connectivity index (χ0n) is 16.3. The normalized spacial score (nSPS) is 23.2. The second-order valence-electron chi connectivity index (χ2n) is 7.35. The average molecular weight is 494 g/mol. The monoisotopic (exact) mass is 493 g/mol. The Labute approximate surface area is 190 Å². The molecule has 2 rings (SSSR count). The number of aliphatic hydroxyl groups is 1. The second-order valence-corrected chi connectivity index (χ2v) is 8.17. The van der Waals surface area contributed by atoms with Gasteiger partial charge in [-0.1, -0.05) is 23.2 Å². The molecule has 0 saturated carbocycles. The van der Waals surface area contributed by atoms with E-state index in [1.165, 1.54) is 0 Å². The van der Waals surface area contributed by atoms with E-state index in [-0.39, 0.29) is 34.9 Å². The molecule has 32 heavy (non-hydrogen) atoms. The number of carbonyl (C=O) groups is 4. The molecule has 1 aromatic carbocycles. The number of aliphatic hydroxyl groups excluding tert-OH is 1. The van der Waals surface area contributed by atoms with Crippen molar-refractivity contribution in [2.24, 2.45) is 5.73 Å². The number of hydrogen-bond acceptors (Lipinski definition) is 8. The Kier molecular flexibility index (Phi) is 7.91. The predicted octanol–water partition coefficient (Wildman–Crippen LogP) is -0.380. The molecule has 176 valence electrons. The molecule has 12 nitrogen and oxygen atoms in total. The summed E-state index contributed by atoms with van der Waals surface area (Å²) in [6.45, 7) is 0. The van der Waals surface area contributed by atoms with E-state index in [4.69, 9.17) is 34.0 Å². The number of phenols is 1. The first-order valence-corrected chi connectivity index (χ1v) is 9.95. The first-order chi connectivity index (χ1) is 14.8. The highest BCUT2D eigenvalue weighted by Gasteiger charge is 2.54. The average Bonchev–Trinajstić information content (AvgIpc) is 3.15. The van der Waals surface area contributed by atoms with Gasteiger partial charge in [-0.25, -0.2) is 4.79 Å². The van der Waals surface area contributed by atoms with Gasteiger partial charge < -0.3 is 36.6 Å². The van der Waals surface area contributed by atoms with Crippen molar-refractivity contribution in [1.29, 1.82) is 0 Å². The lowest BCUT2D eigenvalue weighted by Gasteiger charge is -2.33. The number of hydrogen-bond donors (Lipinski definition) is 8. The minimum atomic E-state index is -2.10. The molecule has 0 radical (unpaired) electrons. The number of rotatable bonds is 9. The van der Waals surface area contributed by atoms with Crippen LogP contribution in [-0.2, 0) is 14.4 Å². The summed E-state index contributed by atoms with van der Waals surface area (Å²) in [6, 6.07) is -2.01. The van der Waals surface area contributed by atoms with Gasteiger partial charge in [0.2, 0.25) is 0 Å². The Balaban J connectivity index is 2.17. The lowest BCUT2D eigenvalue weighted by Crippen LogP contribution is -2.65. The van der Waals surface area contributed by atoms with E-state index in [1.54, 1.807) is 0 Å². The van der Waals surface area contributed by atoms with Gasteiger partial charge in [0.1, 0.15) is 23.7 Å². The van der Waals surface area contributed by atoms with Crippen molar-refractivity contribution in [3.8, 4) is 5.75 Å². The van der Waals surface area contributed by atoms with Crippen LogP contribution in [0.3, 0.4) is 0 Å². The van der Waals surface area contributed by atoms with Gasteiger partial charge >= 0.3 is 17.9 Å². The number of aliphatic carboxylic acids is 3. The van der Waals surface area contributed by atoms with Crippen LogP contribution in [0, 0.1) is 0 Å². The first kappa shape index (κ1) is 25.6. The number of carboxylic acid groups (broad SMARTS) is 3. The fraction of sp³-hybridized carbons (Fsp3) is 0.444. The number of nitrogens with one attached hydrogen (secondary N) is 2. The summed E-state index contributed by atoms with van der Waals surface area (Å²) in [5.41, 5.74) is 3.16. The maximum absolute atomic E-state index is 12.4. The highest BCUT2D eigenvalue weighted by Crippen LogP contribution is 2.33. The summed E-state index contributed by atoms with van der Waals surface area (Å²) in [7, 11) is 0. The van der Waals surface area contributed by atoms with Crippen LogP contribution in [0.2, 0.25) is 10.0 Å². The van der Waals surface area contributed by atoms with Gasteiger partial charge in [-0.3, -0.25) is 19.7 Å². The number of benzene rings is 1. The van der Waals surface area contributed by atoms with Gasteiger partial charge in [0.05, 0.1) is 10.0 Å². The van der Waals surface area contributed by atoms with Crippen LogP contribution in [0.25, 0.3) is 0 Å². The summed E-state index contributed by atoms with van der Waals surface area (Å²) in [5.74, 6) is -5.89. The third-order valence-electron chi connectivity index (χ3n) is 5.26. The molecule has 1 aliphatic heterocycles. The van der Waals surface area contributed by atoms with Crippen LogP contribution in [0.15, 0.2) is 12.1 Å². The Morgan fingerprint density at radius 3 is 2.19 bits per heavy atom. The summed E-state index contributed by atoms with van der Waals surface area (Å²) >= 11 is 11.5. The molecule has 1 aliphatic rings. The molecule has 0 spiro atoms. The van der Waals surface area contributed by atoms with E-state index in [2.05, 4.69) is 10.6 Å². The van der Waals surface area contributed by atoms with Gasteiger partial charge in [-0.05, 0) is 31.4 Å². The molecule has 1 saturated heterocycles. The number of nitrogens with two attached hydrogens (primary N) is 1. The van der Waals surface area contributed by atoms with Crippen molar-refractivity contribution in [1.82, 2.24) is 10.6 Å². The lowest BCUT2D eigenvalue weighted by molar-refractivity contribution is -0.153. The van der Waals surface area contributed by atoms with E-state index < -0.39 is 59.3 Å². The van der Waals surface area contributed by atoms with E-state index in [0.29, 0.717) is 0 Å². The van der Waals surface area contributed by atoms with Crippen LogP contribution >= 0.6 is 23.2 Å². The van der Waals surface area contributed by atoms with Gasteiger partial charge in [-0.2, -0.15) is 0 Å². The van der Waals surface area contributed by atoms with E-state index in [0.717, 1.165) is 12.1 Å². The van der Waals surface area contributed by atoms with Gasteiger partial charge in [0.25, 0.3) is 5.91 Å². The minimum Gasteiger partial charge on any atom is -0.505 e. The molecule has 0 bridgehead atoms. The van der Waals surface area contributed by atoms with Gasteiger partial charge in [0.15, 0.2) is 5.75 Å². The zero-order chi connectivity index (χ0) is 24.4. The summed E-state index contributed by atoms with van der Waals surface area (Å²) < 4.78 is 0. The molecular formula is C18H21Cl2N3O9. The third kappa shape index (κ3) is 5.22. The molecule has 5 atom stereocenters. The highest BCUT2D eigenvalue weighted by molar-refractivity contribution is 6.37. The van der Waals surface area contributed by atoms with Crippen LogP contribution in [-0.4, -0.2) is 79.1 Å². The van der Waals surface area contributed by atoms with Gasteiger partial charge in [-0.15, -0.1) is 0 Å². The Bertz CT molecular complexity index is 921. The molecule has 1 fully saturated rings. The van der Waals surface area contributed by atoms with Crippen molar-refractivity contribution >= 4 is 47.0 Å². The fourth-order valence-electron chi connectivity index (χ4n) is 3.50. The van der Waals surface area contributed by atoms with E-state index in [9.17, 15) is 39.6 Å². The largest absolute Gasteiger partial charge is 0.505 e. The first-order valence-electron chi connectivity index (χ1n) is 9.19. The number of amides is 1. The van der Waals surface area contributed by atoms with Crippen molar-refractivity contribution in [2.45, 2.75) is 49.0 Å². The van der Waals surface area contributed by atoms with Crippen molar-refractivity contribution in [3.05, 3.63) is 27.7 Å². The molecule has 0 aromatic heterocycles. The second kappa shape index (κ2) is 9.88.